The molecule has 0 aliphatic carbocycles. The van der Waals surface area contributed by atoms with Crippen LogP contribution in [-0.2, 0) is 94.5 Å². The zero-order valence-electron chi connectivity index (χ0n) is 55.9. The highest BCUT2D eigenvalue weighted by Crippen LogP contribution is 2.45. The highest BCUT2D eigenvalue weighted by molar-refractivity contribution is 14.1. The third-order valence-electron chi connectivity index (χ3n) is 15.3. The fourth-order valence-electron chi connectivity index (χ4n) is 8.35. The molecule has 2 amide bonds. The number of alkyl halides is 1. The van der Waals surface area contributed by atoms with Crippen LogP contribution in [0.1, 0.15) is 109 Å². The molecule has 2 saturated heterocycles. The van der Waals surface area contributed by atoms with Crippen molar-refractivity contribution in [3.8, 4) is 0 Å². The van der Waals surface area contributed by atoms with Gasteiger partial charge in [-0.15, -0.1) is 0 Å². The molecule has 0 spiro atoms. The SMILES string of the molecule is CC(=O)OCCOC(OCCOC(C)=O)OC1[C@@H](O[Si](C)(C)C(C)(C)C)[C@@H](CI)O[C@H]1n1cnc2c(NC(=O)C(C)C)ncnc21.CC(=O)OCCOC(OCCOC(C)=O)OC1[C@@H](O[Si](C)(C)C(C)(C)C)[C@@H](CO)O[C@H]1n1cnc2c(NC(=O)C(C)C)ncnc21. The van der Waals surface area contributed by atoms with Gasteiger partial charge in [0.05, 0.1) is 51.8 Å². The molecule has 0 radical (unpaired) electrons. The Kier molecular flexibility index (Phi) is 29.3. The molecule has 2 unspecified atom stereocenters. The minimum atomic E-state index is -2.48. The lowest BCUT2D eigenvalue weighted by Gasteiger charge is -2.40. The summed E-state index contributed by atoms with van der Waals surface area (Å²) in [6, 6.07) is 0. The van der Waals surface area contributed by atoms with Crippen LogP contribution in [0.15, 0.2) is 25.3 Å². The molecule has 92 heavy (non-hydrogen) atoms. The Hall–Kier alpha value is -5.36. The second kappa shape index (κ2) is 34.9. The van der Waals surface area contributed by atoms with Crippen molar-refractivity contribution in [3.05, 3.63) is 25.3 Å². The van der Waals surface area contributed by atoms with E-state index in [1.807, 2.05) is 0 Å². The number of imidazole rings is 2. The summed E-state index contributed by atoms with van der Waals surface area (Å²) in [5.41, 5.74) is 1.45. The first-order valence-electron chi connectivity index (χ1n) is 30.2. The van der Waals surface area contributed by atoms with Gasteiger partial charge in [-0.1, -0.05) is 91.8 Å². The summed E-state index contributed by atoms with van der Waals surface area (Å²) in [7, 11) is -4.85. The van der Waals surface area contributed by atoms with Crippen molar-refractivity contribution >= 4 is 109 Å². The van der Waals surface area contributed by atoms with Crippen molar-refractivity contribution in [1.29, 1.82) is 0 Å². The van der Waals surface area contributed by atoms with Crippen LogP contribution in [0.3, 0.4) is 0 Å². The van der Waals surface area contributed by atoms with Crippen molar-refractivity contribution in [2.75, 3.05) is 74.5 Å². The van der Waals surface area contributed by atoms with E-state index < -0.39 is 109 Å². The third-order valence-corrected chi connectivity index (χ3v) is 25.1. The number of halogens is 1. The summed E-state index contributed by atoms with van der Waals surface area (Å²) < 4.78 is 86.8. The lowest BCUT2D eigenvalue weighted by molar-refractivity contribution is -0.320. The Balaban J connectivity index is 0.000000334. The second-order valence-corrected chi connectivity index (χ2v) is 35.5. The van der Waals surface area contributed by atoms with Gasteiger partial charge < -0.3 is 81.4 Å². The number of rotatable bonds is 32. The van der Waals surface area contributed by atoms with Gasteiger partial charge in [-0.3, -0.25) is 37.9 Å². The van der Waals surface area contributed by atoms with Crippen LogP contribution in [0.4, 0.5) is 11.6 Å². The Morgan fingerprint density at radius 3 is 1.15 bits per heavy atom. The minimum absolute atomic E-state index is 0.0265. The standard InChI is InChI=1S/C29H46IN5O10Si.C29H47N5O11Si/c1-17(2)26(38)34-24-21-25(32-15-31-24)35(16-33-21)27-23(22(20(14-30)43-27)45-46(8,9)29(5,6)7)44-28(41-12-10-39-18(3)36)42-13-11-40-19(4)37;1-17(2)26(38)33-24-21-25(31-15-30-24)34(16-32-21)27-23(22(20(14-35)43-27)45-46(8,9)29(5,6)7)44-28(41-12-10-39-18(3)36)42-13-11-40-19(4)37/h15-17,20,22-23,27-28H,10-14H2,1-9H3,(H,31,32,34,38);15-17,20,22-23,27-28,35H,10-14H2,1-9H3,(H,30,31,33,38)/t2*20-,22+,23?,27-/m11/s1. The van der Waals surface area contributed by atoms with Gasteiger partial charge in [-0.25, -0.2) is 29.9 Å². The number of hydrogen-bond donors (Lipinski definition) is 3. The number of aliphatic hydroxyl groups is 1. The molecule has 34 heteroatoms. The van der Waals surface area contributed by atoms with Crippen LogP contribution in [0, 0.1) is 11.8 Å². The van der Waals surface area contributed by atoms with E-state index in [4.69, 9.17) is 65.7 Å². The summed E-state index contributed by atoms with van der Waals surface area (Å²) in [4.78, 5) is 96.4. The molecule has 6 heterocycles. The average molecular weight is 1450 g/mol. The number of amides is 2. The molecule has 4 aromatic rings. The van der Waals surface area contributed by atoms with Crippen molar-refractivity contribution in [2.24, 2.45) is 11.8 Å². The summed E-state index contributed by atoms with van der Waals surface area (Å²) in [6.07, 6.45) is -0.425. The van der Waals surface area contributed by atoms with Crippen molar-refractivity contribution in [2.45, 2.75) is 195 Å². The first-order valence-corrected chi connectivity index (χ1v) is 37.6. The number of ether oxygens (including phenoxy) is 12. The summed E-state index contributed by atoms with van der Waals surface area (Å²) in [5, 5.41) is 15.7. The smallest absolute Gasteiger partial charge is 0.302 e. The van der Waals surface area contributed by atoms with Crippen LogP contribution in [0.2, 0.25) is 36.3 Å². The van der Waals surface area contributed by atoms with Gasteiger partial charge in [0.2, 0.25) is 11.8 Å². The molecule has 3 N–H and O–H groups in total. The lowest BCUT2D eigenvalue weighted by Crippen LogP contribution is -2.51. The Morgan fingerprint density at radius 2 is 0.859 bits per heavy atom. The van der Waals surface area contributed by atoms with Gasteiger partial charge in [0, 0.05) is 44.0 Å². The number of nitrogens with one attached hydrogen (secondary N) is 2. The Labute approximate surface area is 551 Å². The number of carbonyl (C=O) groups excluding carboxylic acids is 6. The van der Waals surface area contributed by atoms with E-state index in [1.54, 1.807) is 43.2 Å². The van der Waals surface area contributed by atoms with Gasteiger partial charge in [0.15, 0.2) is 63.1 Å². The topological polar surface area (TPSA) is 363 Å². The van der Waals surface area contributed by atoms with Crippen LogP contribution in [-0.4, -0.2) is 210 Å². The summed E-state index contributed by atoms with van der Waals surface area (Å²) in [5.74, 6) is -2.36. The molecular weight excluding hydrogens is 1360 g/mol. The van der Waals surface area contributed by atoms with Crippen LogP contribution in [0.25, 0.3) is 22.3 Å². The molecule has 0 saturated carbocycles. The normalized spacial score (nSPS) is 20.4. The van der Waals surface area contributed by atoms with Crippen LogP contribution < -0.4 is 10.6 Å². The first-order chi connectivity index (χ1) is 43.1. The maximum absolute atomic E-state index is 12.5. The number of carbonyl (C=O) groups is 6. The molecule has 0 aromatic carbocycles. The maximum atomic E-state index is 12.5. The van der Waals surface area contributed by atoms with Gasteiger partial charge in [0.1, 0.15) is 69.6 Å². The summed E-state index contributed by atoms with van der Waals surface area (Å²) in [6.45, 7) is 30.0. The highest BCUT2D eigenvalue weighted by Gasteiger charge is 2.54. The number of aliphatic hydroxyl groups excluding tert-OH is 1. The minimum Gasteiger partial charge on any atom is -0.463 e. The molecular formula is C58H93IN10O21Si2. The van der Waals surface area contributed by atoms with Gasteiger partial charge in [-0.05, 0) is 36.3 Å². The largest absolute Gasteiger partial charge is 0.463 e. The Morgan fingerprint density at radius 1 is 0.533 bits per heavy atom. The lowest BCUT2D eigenvalue weighted by atomic mass is 10.1. The number of anilines is 2. The summed E-state index contributed by atoms with van der Waals surface area (Å²) >= 11 is 2.26. The number of esters is 4. The predicted octanol–water partition coefficient (Wildman–Crippen LogP) is 6.50. The monoisotopic (exact) mass is 1450 g/mol. The number of fused-ring (bicyclic) bond motifs is 2. The van der Waals surface area contributed by atoms with E-state index in [1.165, 1.54) is 46.7 Å². The second-order valence-electron chi connectivity index (χ2n) is 25.2. The Bertz CT molecular complexity index is 2830. The number of nitrogens with zero attached hydrogens (tertiary/aromatic N) is 8. The molecule has 0 bridgehead atoms. The van der Waals surface area contributed by atoms with Crippen LogP contribution in [0.5, 0.6) is 0 Å². The average Bonchev–Trinajstić information content (AvgIpc) is 1.61. The zero-order valence-corrected chi connectivity index (χ0v) is 60.0. The molecule has 6 rings (SSSR count). The quantitative estimate of drug-likeness (QED) is 0.00893. The van der Waals surface area contributed by atoms with Crippen LogP contribution >= 0.6 is 22.6 Å². The zero-order chi connectivity index (χ0) is 68.5. The van der Waals surface area contributed by atoms with Gasteiger partial charge in [0.25, 0.3) is 13.0 Å². The van der Waals surface area contributed by atoms with Gasteiger partial charge in [-0.2, -0.15) is 0 Å². The fourth-order valence-corrected chi connectivity index (χ4v) is 11.7. The molecule has 2 aliphatic heterocycles. The molecule has 4 aromatic heterocycles. The fraction of sp³-hybridized carbons (Fsp3) is 0.724. The molecule has 2 fully saturated rings. The van der Waals surface area contributed by atoms with E-state index in [9.17, 15) is 33.9 Å². The third kappa shape index (κ3) is 21.8. The van der Waals surface area contributed by atoms with E-state index >= 15 is 0 Å². The van der Waals surface area contributed by atoms with Crippen molar-refractivity contribution < 1.29 is 99.6 Å². The molecule has 516 valence electrons. The first kappa shape index (κ1) is 77.3. The number of aromatic nitrogens is 8. The van der Waals surface area contributed by atoms with E-state index in [2.05, 4.69) is 131 Å². The predicted molar refractivity (Wildman–Crippen MR) is 343 cm³/mol. The van der Waals surface area contributed by atoms with E-state index in [0.717, 1.165) is 0 Å². The molecule has 31 nitrogen and oxygen atoms in total. The van der Waals surface area contributed by atoms with Crippen molar-refractivity contribution in [1.82, 2.24) is 39.0 Å². The van der Waals surface area contributed by atoms with E-state index in [-0.39, 0.29) is 98.2 Å². The highest BCUT2D eigenvalue weighted by atomic mass is 127. The number of hydrogen-bond acceptors (Lipinski definition) is 27. The van der Waals surface area contributed by atoms with E-state index in [0.29, 0.717) is 26.8 Å². The van der Waals surface area contributed by atoms with Gasteiger partial charge >= 0.3 is 23.9 Å². The van der Waals surface area contributed by atoms with Crippen molar-refractivity contribution in [3.63, 3.8) is 0 Å². The molecule has 2 aliphatic rings. The maximum Gasteiger partial charge on any atom is 0.302 e. The molecule has 8 atom stereocenters.